The van der Waals surface area contributed by atoms with E-state index in [1.807, 2.05) is 6.07 Å². The Kier molecular flexibility index (Phi) is 3.76. The van der Waals surface area contributed by atoms with Crippen LogP contribution in [0.2, 0.25) is 0 Å². The number of rotatable bonds is 3. The van der Waals surface area contributed by atoms with Gasteiger partial charge in [-0.25, -0.2) is 0 Å². The van der Waals surface area contributed by atoms with Crippen LogP contribution in [-0.4, -0.2) is 16.5 Å². The number of nitro benzene ring substituents is 1. The predicted molar refractivity (Wildman–Crippen MR) is 81.1 cm³/mol. The highest BCUT2D eigenvalue weighted by Gasteiger charge is 2.15. The Balaban J connectivity index is 2.56. The average Bonchev–Trinajstić information content (AvgIpc) is 2.42. The number of nitrogens with one attached hydrogen (secondary N) is 1. The molecule has 1 aromatic carbocycles. The zero-order chi connectivity index (χ0) is 15.6. The summed E-state index contributed by atoms with van der Waals surface area (Å²) >= 11 is 0. The van der Waals surface area contributed by atoms with Crippen LogP contribution in [0.1, 0.15) is 26.3 Å². The highest BCUT2D eigenvalue weighted by molar-refractivity contribution is 5.93. The molecule has 2 rings (SSSR count). The zero-order valence-corrected chi connectivity index (χ0v) is 12.2. The monoisotopic (exact) mass is 284 g/mol. The Morgan fingerprint density at radius 1 is 1.38 bits per heavy atom. The summed E-state index contributed by atoms with van der Waals surface area (Å²) in [6, 6.07) is 6.51. The number of anilines is 1. The van der Waals surface area contributed by atoms with Crippen molar-refractivity contribution >= 4 is 22.3 Å². The van der Waals surface area contributed by atoms with Crippen LogP contribution < -0.4 is 5.32 Å². The second-order valence-electron chi connectivity index (χ2n) is 6.07. The van der Waals surface area contributed by atoms with Gasteiger partial charge in [-0.1, -0.05) is 20.8 Å². The minimum absolute atomic E-state index is 0.0178. The molecular weight excluding hydrogens is 268 g/mol. The number of nitriles is 1. The van der Waals surface area contributed by atoms with Crippen molar-refractivity contribution in [1.82, 2.24) is 4.98 Å². The Morgan fingerprint density at radius 3 is 2.67 bits per heavy atom. The molecule has 2 aromatic rings. The molecule has 21 heavy (non-hydrogen) atoms. The Morgan fingerprint density at radius 2 is 2.10 bits per heavy atom. The van der Waals surface area contributed by atoms with Gasteiger partial charge in [0.1, 0.15) is 6.07 Å². The fourth-order valence-corrected chi connectivity index (χ4v) is 1.90. The van der Waals surface area contributed by atoms with Gasteiger partial charge >= 0.3 is 0 Å². The molecule has 0 atom stereocenters. The topological polar surface area (TPSA) is 91.9 Å². The first-order chi connectivity index (χ1) is 9.80. The number of benzene rings is 1. The molecule has 0 aliphatic rings. The summed E-state index contributed by atoms with van der Waals surface area (Å²) in [5.41, 5.74) is 1.63. The van der Waals surface area contributed by atoms with Crippen LogP contribution in [0.3, 0.4) is 0 Å². The molecule has 1 N–H and O–H groups in total. The van der Waals surface area contributed by atoms with Crippen molar-refractivity contribution in [2.75, 3.05) is 11.9 Å². The van der Waals surface area contributed by atoms with E-state index in [1.54, 1.807) is 6.07 Å². The van der Waals surface area contributed by atoms with E-state index in [4.69, 9.17) is 5.26 Å². The van der Waals surface area contributed by atoms with Gasteiger partial charge in [0.2, 0.25) is 0 Å². The molecule has 0 aliphatic heterocycles. The highest BCUT2D eigenvalue weighted by atomic mass is 16.6. The Bertz CT molecular complexity index is 742. The molecule has 108 valence electrons. The normalized spacial score (nSPS) is 11.1. The number of fused-ring (bicyclic) bond motifs is 1. The molecule has 0 saturated carbocycles. The Hall–Kier alpha value is -2.68. The van der Waals surface area contributed by atoms with E-state index in [-0.39, 0.29) is 11.1 Å². The minimum Gasteiger partial charge on any atom is -0.383 e. The van der Waals surface area contributed by atoms with Crippen LogP contribution in [0.25, 0.3) is 10.9 Å². The van der Waals surface area contributed by atoms with E-state index < -0.39 is 4.92 Å². The summed E-state index contributed by atoms with van der Waals surface area (Å²) in [5, 5.41) is 23.8. The SMILES string of the molecule is CC(C)(C)CNc1cc([N+](=O)[O-])cc2cc(C#N)cnc12. The number of aromatic nitrogens is 1. The number of hydrogen-bond acceptors (Lipinski definition) is 5. The maximum Gasteiger partial charge on any atom is 0.272 e. The third-order valence-corrected chi connectivity index (χ3v) is 2.92. The number of non-ortho nitro benzene ring substituents is 1. The number of pyridine rings is 1. The summed E-state index contributed by atoms with van der Waals surface area (Å²) in [7, 11) is 0. The van der Waals surface area contributed by atoms with Gasteiger partial charge in [-0.05, 0) is 11.5 Å². The van der Waals surface area contributed by atoms with Crippen LogP contribution in [0.5, 0.6) is 0 Å². The number of nitrogens with zero attached hydrogens (tertiary/aromatic N) is 3. The van der Waals surface area contributed by atoms with Gasteiger partial charge in [0, 0.05) is 30.3 Å². The molecule has 0 aliphatic carbocycles. The van der Waals surface area contributed by atoms with Crippen molar-refractivity contribution in [3.63, 3.8) is 0 Å². The standard InChI is InChI=1S/C15H16N4O2/c1-15(2,3)9-18-13-6-12(19(20)21)5-11-4-10(7-16)8-17-14(11)13/h4-6,8,18H,9H2,1-3H3. The van der Waals surface area contributed by atoms with E-state index in [9.17, 15) is 10.1 Å². The predicted octanol–water partition coefficient (Wildman–Crippen LogP) is 3.47. The summed E-state index contributed by atoms with van der Waals surface area (Å²) in [5.74, 6) is 0. The summed E-state index contributed by atoms with van der Waals surface area (Å²) in [6.07, 6.45) is 1.47. The molecule has 1 heterocycles. The third-order valence-electron chi connectivity index (χ3n) is 2.92. The molecule has 0 saturated heterocycles. The molecule has 0 radical (unpaired) electrons. The molecule has 0 bridgehead atoms. The fourth-order valence-electron chi connectivity index (χ4n) is 1.90. The number of nitro groups is 1. The second-order valence-corrected chi connectivity index (χ2v) is 6.07. The first-order valence-corrected chi connectivity index (χ1v) is 6.52. The highest BCUT2D eigenvalue weighted by Crippen LogP contribution is 2.29. The lowest BCUT2D eigenvalue weighted by Crippen LogP contribution is -2.19. The van der Waals surface area contributed by atoms with E-state index in [0.29, 0.717) is 28.7 Å². The molecule has 6 nitrogen and oxygen atoms in total. The van der Waals surface area contributed by atoms with Crippen molar-refractivity contribution in [2.24, 2.45) is 5.41 Å². The van der Waals surface area contributed by atoms with E-state index in [1.165, 1.54) is 18.3 Å². The summed E-state index contributed by atoms with van der Waals surface area (Å²) in [4.78, 5) is 14.8. The molecular formula is C15H16N4O2. The van der Waals surface area contributed by atoms with Crippen LogP contribution in [0.4, 0.5) is 11.4 Å². The first-order valence-electron chi connectivity index (χ1n) is 6.52. The van der Waals surface area contributed by atoms with Gasteiger partial charge in [0.25, 0.3) is 5.69 Å². The van der Waals surface area contributed by atoms with Gasteiger partial charge in [-0.15, -0.1) is 0 Å². The smallest absolute Gasteiger partial charge is 0.272 e. The zero-order valence-electron chi connectivity index (χ0n) is 12.2. The quantitative estimate of drug-likeness (QED) is 0.688. The fraction of sp³-hybridized carbons (Fsp3) is 0.333. The summed E-state index contributed by atoms with van der Waals surface area (Å²) in [6.45, 7) is 6.87. The van der Waals surface area contributed by atoms with Crippen molar-refractivity contribution in [2.45, 2.75) is 20.8 Å². The minimum atomic E-state index is -0.444. The van der Waals surface area contributed by atoms with Crippen molar-refractivity contribution in [3.8, 4) is 6.07 Å². The lowest BCUT2D eigenvalue weighted by atomic mass is 9.97. The van der Waals surface area contributed by atoms with Gasteiger partial charge in [0.15, 0.2) is 0 Å². The lowest BCUT2D eigenvalue weighted by Gasteiger charge is -2.20. The molecule has 0 unspecified atom stereocenters. The molecule has 0 fully saturated rings. The van der Waals surface area contributed by atoms with Crippen molar-refractivity contribution < 1.29 is 4.92 Å². The molecule has 0 spiro atoms. The van der Waals surface area contributed by atoms with E-state index in [2.05, 4.69) is 31.1 Å². The van der Waals surface area contributed by atoms with Gasteiger partial charge in [-0.3, -0.25) is 15.1 Å². The van der Waals surface area contributed by atoms with Crippen LogP contribution in [0, 0.1) is 26.9 Å². The largest absolute Gasteiger partial charge is 0.383 e. The van der Waals surface area contributed by atoms with Gasteiger partial charge in [-0.2, -0.15) is 5.26 Å². The van der Waals surface area contributed by atoms with Gasteiger partial charge in [0.05, 0.1) is 21.7 Å². The maximum atomic E-state index is 11.0. The van der Waals surface area contributed by atoms with Crippen molar-refractivity contribution in [3.05, 3.63) is 40.1 Å². The first kappa shape index (κ1) is 14.7. The van der Waals surface area contributed by atoms with Crippen molar-refractivity contribution in [1.29, 1.82) is 5.26 Å². The second kappa shape index (κ2) is 5.37. The van der Waals surface area contributed by atoms with Crippen LogP contribution in [0.15, 0.2) is 24.4 Å². The summed E-state index contributed by atoms with van der Waals surface area (Å²) < 4.78 is 0. The van der Waals surface area contributed by atoms with Gasteiger partial charge < -0.3 is 5.32 Å². The van der Waals surface area contributed by atoms with Crippen LogP contribution >= 0.6 is 0 Å². The third kappa shape index (κ3) is 3.45. The molecule has 6 heteroatoms. The molecule has 1 aromatic heterocycles. The average molecular weight is 284 g/mol. The molecule has 0 amide bonds. The van der Waals surface area contributed by atoms with E-state index >= 15 is 0 Å². The van der Waals surface area contributed by atoms with E-state index in [0.717, 1.165) is 0 Å². The lowest BCUT2D eigenvalue weighted by molar-refractivity contribution is -0.384. The number of hydrogen-bond donors (Lipinski definition) is 1. The van der Waals surface area contributed by atoms with Crippen LogP contribution in [-0.2, 0) is 0 Å². The maximum absolute atomic E-state index is 11.0. The Labute approximate surface area is 122 Å².